The van der Waals surface area contributed by atoms with E-state index in [2.05, 4.69) is 0 Å². The van der Waals surface area contributed by atoms with Gasteiger partial charge in [0.05, 0.1) is 19.5 Å². The Hall–Kier alpha value is -1.89. The van der Waals surface area contributed by atoms with E-state index in [0.717, 1.165) is 12.0 Å². The van der Waals surface area contributed by atoms with Gasteiger partial charge in [-0.15, -0.1) is 11.8 Å². The average Bonchev–Trinajstić information content (AvgIpc) is 2.95. The van der Waals surface area contributed by atoms with Crippen LogP contribution in [0.1, 0.15) is 44.6 Å². The van der Waals surface area contributed by atoms with Crippen molar-refractivity contribution in [2.24, 2.45) is 5.92 Å². The lowest BCUT2D eigenvalue weighted by Crippen LogP contribution is -2.34. The number of hydrogen-bond donors (Lipinski definition) is 0. The van der Waals surface area contributed by atoms with E-state index in [0.29, 0.717) is 36.9 Å². The van der Waals surface area contributed by atoms with Crippen LogP contribution >= 0.6 is 11.8 Å². The minimum absolute atomic E-state index is 0.0565. The topological polar surface area (TPSA) is 59.1 Å². The molecule has 1 aromatic carbocycles. The number of hydrogen-bond acceptors (Lipinski definition) is 5. The van der Waals surface area contributed by atoms with Gasteiger partial charge in [-0.05, 0) is 37.0 Å². The van der Waals surface area contributed by atoms with Crippen molar-refractivity contribution in [1.29, 1.82) is 0 Å². The smallest absolute Gasteiger partial charge is 0.236 e. The molecule has 0 spiro atoms. The molecule has 1 heterocycles. The van der Waals surface area contributed by atoms with Crippen molar-refractivity contribution in [3.05, 3.63) is 23.8 Å². The van der Waals surface area contributed by atoms with Crippen molar-refractivity contribution >= 4 is 23.6 Å². The standard InChI is InChI=1S/C21H32N2O4S/c1-14(2)12-19(24)22(4)10-7-11-23-20(25)15(3)28-21(23)16-8-9-17(26-5)18(13-16)27-6/h8-9,13-15,21H,7,10-12H2,1-6H3. The van der Waals surface area contributed by atoms with E-state index < -0.39 is 0 Å². The van der Waals surface area contributed by atoms with Gasteiger partial charge < -0.3 is 19.3 Å². The van der Waals surface area contributed by atoms with Crippen molar-refractivity contribution in [3.63, 3.8) is 0 Å². The third kappa shape index (κ3) is 5.34. The summed E-state index contributed by atoms with van der Waals surface area (Å²) < 4.78 is 10.7. The van der Waals surface area contributed by atoms with Crippen LogP contribution in [-0.2, 0) is 9.59 Å². The molecule has 1 aromatic rings. The van der Waals surface area contributed by atoms with E-state index in [4.69, 9.17) is 9.47 Å². The molecule has 2 atom stereocenters. The highest BCUT2D eigenvalue weighted by atomic mass is 32.2. The lowest BCUT2D eigenvalue weighted by Gasteiger charge is -2.26. The van der Waals surface area contributed by atoms with Gasteiger partial charge in [-0.2, -0.15) is 0 Å². The number of carbonyl (C=O) groups is 2. The third-order valence-corrected chi connectivity index (χ3v) is 6.24. The SMILES string of the molecule is COc1ccc(C2SC(C)C(=O)N2CCCN(C)C(=O)CC(C)C)cc1OC. The Morgan fingerprint density at radius 3 is 2.54 bits per heavy atom. The van der Waals surface area contributed by atoms with Crippen molar-refractivity contribution in [3.8, 4) is 11.5 Å². The first-order chi connectivity index (χ1) is 13.3. The van der Waals surface area contributed by atoms with Crippen LogP contribution in [0.5, 0.6) is 11.5 Å². The molecule has 1 aliphatic heterocycles. The maximum absolute atomic E-state index is 12.7. The molecule has 7 heteroatoms. The molecule has 1 aliphatic rings. The Morgan fingerprint density at radius 1 is 1.25 bits per heavy atom. The van der Waals surface area contributed by atoms with Gasteiger partial charge in [0.1, 0.15) is 5.37 Å². The molecular weight excluding hydrogens is 376 g/mol. The number of carbonyl (C=O) groups excluding carboxylic acids is 2. The summed E-state index contributed by atoms with van der Waals surface area (Å²) in [7, 11) is 5.05. The molecule has 0 saturated carbocycles. The monoisotopic (exact) mass is 408 g/mol. The first kappa shape index (κ1) is 22.4. The van der Waals surface area contributed by atoms with Gasteiger partial charge in [0, 0.05) is 26.6 Å². The van der Waals surface area contributed by atoms with Gasteiger partial charge in [0.25, 0.3) is 0 Å². The van der Waals surface area contributed by atoms with Gasteiger partial charge >= 0.3 is 0 Å². The zero-order valence-electron chi connectivity index (χ0n) is 17.7. The van der Waals surface area contributed by atoms with Crippen LogP contribution in [-0.4, -0.2) is 61.2 Å². The number of nitrogens with zero attached hydrogens (tertiary/aromatic N) is 2. The predicted molar refractivity (Wildman–Crippen MR) is 113 cm³/mol. The molecule has 28 heavy (non-hydrogen) atoms. The molecule has 2 unspecified atom stereocenters. The maximum atomic E-state index is 12.7. The van der Waals surface area contributed by atoms with Crippen molar-refractivity contribution in [2.45, 2.75) is 44.2 Å². The highest BCUT2D eigenvalue weighted by molar-refractivity contribution is 8.01. The quantitative estimate of drug-likeness (QED) is 0.625. The number of rotatable bonds is 9. The molecule has 0 aromatic heterocycles. The first-order valence-electron chi connectivity index (χ1n) is 9.70. The Bertz CT molecular complexity index is 695. The van der Waals surface area contributed by atoms with Gasteiger partial charge in [0.15, 0.2) is 11.5 Å². The van der Waals surface area contributed by atoms with Crippen LogP contribution in [0.4, 0.5) is 0 Å². The van der Waals surface area contributed by atoms with E-state index >= 15 is 0 Å². The Balaban J connectivity index is 2.05. The number of thioether (sulfide) groups is 1. The van der Waals surface area contributed by atoms with Crippen LogP contribution in [0.15, 0.2) is 18.2 Å². The molecule has 156 valence electrons. The number of benzene rings is 1. The molecule has 0 N–H and O–H groups in total. The number of amides is 2. The van der Waals surface area contributed by atoms with Crippen molar-refractivity contribution < 1.29 is 19.1 Å². The van der Waals surface area contributed by atoms with Gasteiger partial charge in [-0.25, -0.2) is 0 Å². The Kier molecular flexibility index (Phi) is 8.04. The number of methoxy groups -OCH3 is 2. The summed E-state index contributed by atoms with van der Waals surface area (Å²) in [6.07, 6.45) is 1.31. The molecule has 0 radical (unpaired) electrons. The molecule has 0 aliphatic carbocycles. The molecule has 0 bridgehead atoms. The van der Waals surface area contributed by atoms with Crippen LogP contribution < -0.4 is 9.47 Å². The summed E-state index contributed by atoms with van der Waals surface area (Å²) in [6, 6.07) is 5.79. The van der Waals surface area contributed by atoms with E-state index in [1.807, 2.05) is 50.9 Å². The molecular formula is C21H32N2O4S. The summed E-state index contributed by atoms with van der Waals surface area (Å²) in [4.78, 5) is 28.5. The summed E-state index contributed by atoms with van der Waals surface area (Å²) in [5.74, 6) is 1.97. The first-order valence-corrected chi connectivity index (χ1v) is 10.6. The molecule has 2 rings (SSSR count). The summed E-state index contributed by atoms with van der Waals surface area (Å²) in [5, 5.41) is -0.141. The summed E-state index contributed by atoms with van der Waals surface area (Å²) in [5.41, 5.74) is 1.02. The van der Waals surface area contributed by atoms with E-state index in [1.54, 1.807) is 30.9 Å². The summed E-state index contributed by atoms with van der Waals surface area (Å²) >= 11 is 1.64. The zero-order valence-corrected chi connectivity index (χ0v) is 18.5. The normalized spacial score (nSPS) is 19.2. The minimum Gasteiger partial charge on any atom is -0.493 e. The Labute approximate surface area is 172 Å². The lowest BCUT2D eigenvalue weighted by molar-refractivity contribution is -0.131. The average molecular weight is 409 g/mol. The summed E-state index contributed by atoms with van der Waals surface area (Å²) in [6.45, 7) is 7.29. The zero-order chi connectivity index (χ0) is 20.8. The molecule has 1 fully saturated rings. The molecule has 1 saturated heterocycles. The van der Waals surface area contributed by atoms with Crippen LogP contribution in [0.2, 0.25) is 0 Å². The predicted octanol–water partition coefficient (Wildman–Crippen LogP) is 3.56. The third-order valence-electron chi connectivity index (χ3n) is 4.84. The van der Waals surface area contributed by atoms with Gasteiger partial charge in [0.2, 0.25) is 11.8 Å². The second kappa shape index (κ2) is 10.0. The van der Waals surface area contributed by atoms with Crippen molar-refractivity contribution in [2.75, 3.05) is 34.4 Å². The van der Waals surface area contributed by atoms with Crippen LogP contribution in [0, 0.1) is 5.92 Å². The van der Waals surface area contributed by atoms with E-state index in [9.17, 15) is 9.59 Å². The fourth-order valence-electron chi connectivity index (χ4n) is 3.27. The second-order valence-electron chi connectivity index (χ2n) is 7.54. The lowest BCUT2D eigenvalue weighted by atomic mass is 10.1. The second-order valence-corrected chi connectivity index (χ2v) is 8.97. The largest absolute Gasteiger partial charge is 0.493 e. The minimum atomic E-state index is -0.0848. The highest BCUT2D eigenvalue weighted by Gasteiger charge is 2.38. The number of ether oxygens (including phenoxy) is 2. The Morgan fingerprint density at radius 2 is 1.93 bits per heavy atom. The maximum Gasteiger partial charge on any atom is 0.236 e. The van der Waals surface area contributed by atoms with Crippen LogP contribution in [0.25, 0.3) is 0 Å². The fraction of sp³-hybridized carbons (Fsp3) is 0.619. The molecule has 2 amide bonds. The van der Waals surface area contributed by atoms with E-state index in [1.165, 1.54) is 0 Å². The van der Waals surface area contributed by atoms with E-state index in [-0.39, 0.29) is 22.4 Å². The molecule has 6 nitrogen and oxygen atoms in total. The van der Waals surface area contributed by atoms with Crippen molar-refractivity contribution in [1.82, 2.24) is 9.80 Å². The highest BCUT2D eigenvalue weighted by Crippen LogP contribution is 2.44. The van der Waals surface area contributed by atoms with Gasteiger partial charge in [-0.1, -0.05) is 19.9 Å². The van der Waals surface area contributed by atoms with Crippen LogP contribution in [0.3, 0.4) is 0 Å². The fourth-order valence-corrected chi connectivity index (χ4v) is 4.57. The van der Waals surface area contributed by atoms with Gasteiger partial charge in [-0.3, -0.25) is 9.59 Å².